The molecule has 6 heteroatoms. The summed E-state index contributed by atoms with van der Waals surface area (Å²) in [6, 6.07) is 8.64. The van der Waals surface area contributed by atoms with Gasteiger partial charge in [-0.1, -0.05) is 23.7 Å². The molecule has 2 aromatic carbocycles. The van der Waals surface area contributed by atoms with E-state index in [1.807, 2.05) is 0 Å². The summed E-state index contributed by atoms with van der Waals surface area (Å²) in [5.74, 6) is 0.508. The van der Waals surface area contributed by atoms with Gasteiger partial charge in [-0.15, -0.1) is 0 Å². The van der Waals surface area contributed by atoms with Crippen molar-refractivity contribution in [3.63, 3.8) is 0 Å². The van der Waals surface area contributed by atoms with E-state index in [9.17, 15) is 8.78 Å². The first kappa shape index (κ1) is 17.3. The van der Waals surface area contributed by atoms with Gasteiger partial charge >= 0.3 is 0 Å². The molecule has 0 aliphatic carbocycles. The van der Waals surface area contributed by atoms with Crippen LogP contribution in [-0.4, -0.2) is 13.1 Å². The summed E-state index contributed by atoms with van der Waals surface area (Å²) in [7, 11) is 0. The van der Waals surface area contributed by atoms with Crippen molar-refractivity contribution in [1.82, 2.24) is 5.32 Å². The molecule has 3 aromatic rings. The Kier molecular flexibility index (Phi) is 4.83. The SMILES string of the molecule is Fc1ccc(C2CCNCC2)c(OCc2ccc(Cl)c3cc(F)oc23)c1. The van der Waals surface area contributed by atoms with Crippen molar-refractivity contribution < 1.29 is 17.9 Å². The molecule has 136 valence electrons. The van der Waals surface area contributed by atoms with Crippen LogP contribution in [0.2, 0.25) is 5.02 Å². The molecule has 1 N–H and O–H groups in total. The van der Waals surface area contributed by atoms with Gasteiger partial charge in [0.25, 0.3) is 6.01 Å². The highest BCUT2D eigenvalue weighted by atomic mass is 35.5. The Hall–Kier alpha value is -2.11. The minimum Gasteiger partial charge on any atom is -0.488 e. The summed E-state index contributed by atoms with van der Waals surface area (Å²) in [4.78, 5) is 0. The zero-order chi connectivity index (χ0) is 18.1. The van der Waals surface area contributed by atoms with E-state index in [2.05, 4.69) is 5.32 Å². The largest absolute Gasteiger partial charge is 0.488 e. The molecular formula is C20H18ClF2NO2. The third kappa shape index (κ3) is 3.41. The molecule has 2 heterocycles. The molecule has 0 saturated carbocycles. The maximum Gasteiger partial charge on any atom is 0.278 e. The summed E-state index contributed by atoms with van der Waals surface area (Å²) in [5, 5.41) is 4.24. The molecular weight excluding hydrogens is 360 g/mol. The maximum atomic E-state index is 13.8. The van der Waals surface area contributed by atoms with Crippen LogP contribution in [-0.2, 0) is 6.61 Å². The normalized spacial score (nSPS) is 15.5. The number of benzene rings is 2. The third-order valence-corrected chi connectivity index (χ3v) is 5.15. The lowest BCUT2D eigenvalue weighted by Gasteiger charge is -2.25. The van der Waals surface area contributed by atoms with Crippen molar-refractivity contribution in [1.29, 1.82) is 0 Å². The van der Waals surface area contributed by atoms with Gasteiger partial charge in [-0.05, 0) is 49.5 Å². The number of nitrogens with one attached hydrogen (secondary N) is 1. The number of hydrogen-bond donors (Lipinski definition) is 1. The van der Waals surface area contributed by atoms with Crippen LogP contribution >= 0.6 is 11.6 Å². The maximum absolute atomic E-state index is 13.8. The molecule has 1 aliphatic heterocycles. The fourth-order valence-electron chi connectivity index (χ4n) is 3.49. The quantitative estimate of drug-likeness (QED) is 0.660. The molecule has 1 aromatic heterocycles. The predicted molar refractivity (Wildman–Crippen MR) is 96.8 cm³/mol. The molecule has 0 spiro atoms. The minimum absolute atomic E-state index is 0.141. The number of ether oxygens (including phenoxy) is 1. The van der Waals surface area contributed by atoms with E-state index >= 15 is 0 Å². The van der Waals surface area contributed by atoms with Gasteiger partial charge in [-0.25, -0.2) is 4.39 Å². The predicted octanol–water partition coefficient (Wildman–Crippen LogP) is 5.41. The number of rotatable bonds is 4. The summed E-state index contributed by atoms with van der Waals surface area (Å²) in [5.41, 5.74) is 2.02. The first-order valence-corrected chi connectivity index (χ1v) is 8.99. The summed E-state index contributed by atoms with van der Waals surface area (Å²) < 4.78 is 38.3. The van der Waals surface area contributed by atoms with Gasteiger partial charge in [-0.3, -0.25) is 0 Å². The Balaban J connectivity index is 1.62. The zero-order valence-corrected chi connectivity index (χ0v) is 14.8. The monoisotopic (exact) mass is 377 g/mol. The highest BCUT2D eigenvalue weighted by Gasteiger charge is 2.20. The van der Waals surface area contributed by atoms with E-state index in [1.54, 1.807) is 18.2 Å². The molecule has 0 amide bonds. The second kappa shape index (κ2) is 7.25. The molecule has 1 saturated heterocycles. The number of fused-ring (bicyclic) bond motifs is 1. The average molecular weight is 378 g/mol. The minimum atomic E-state index is -0.699. The molecule has 1 fully saturated rings. The molecule has 0 bridgehead atoms. The van der Waals surface area contributed by atoms with Crippen LogP contribution in [0.5, 0.6) is 5.75 Å². The van der Waals surface area contributed by atoms with Gasteiger partial charge < -0.3 is 14.5 Å². The van der Waals surface area contributed by atoms with Crippen LogP contribution < -0.4 is 10.1 Å². The van der Waals surface area contributed by atoms with Crippen molar-refractivity contribution >= 4 is 22.6 Å². The summed E-state index contributed by atoms with van der Waals surface area (Å²) >= 11 is 6.08. The van der Waals surface area contributed by atoms with Crippen LogP contribution in [0.4, 0.5) is 8.78 Å². The van der Waals surface area contributed by atoms with E-state index in [0.717, 1.165) is 31.5 Å². The topological polar surface area (TPSA) is 34.4 Å². The lowest BCUT2D eigenvalue weighted by Crippen LogP contribution is -2.26. The third-order valence-electron chi connectivity index (χ3n) is 4.82. The summed E-state index contributed by atoms with van der Waals surface area (Å²) in [6.45, 7) is 2.01. The van der Waals surface area contributed by atoms with Gasteiger partial charge in [0.1, 0.15) is 23.8 Å². The fourth-order valence-corrected chi connectivity index (χ4v) is 3.69. The number of hydrogen-bond acceptors (Lipinski definition) is 3. The highest BCUT2D eigenvalue weighted by molar-refractivity contribution is 6.35. The van der Waals surface area contributed by atoms with Gasteiger partial charge in [-0.2, -0.15) is 4.39 Å². The second-order valence-corrected chi connectivity index (χ2v) is 6.90. The Morgan fingerprint density at radius 2 is 1.92 bits per heavy atom. The fraction of sp³-hybridized carbons (Fsp3) is 0.300. The van der Waals surface area contributed by atoms with E-state index in [4.69, 9.17) is 20.8 Å². The van der Waals surface area contributed by atoms with Gasteiger partial charge in [0, 0.05) is 23.1 Å². The van der Waals surface area contributed by atoms with Crippen LogP contribution in [0.15, 0.2) is 40.8 Å². The van der Waals surface area contributed by atoms with Crippen LogP contribution in [0.3, 0.4) is 0 Å². The Morgan fingerprint density at radius 1 is 1.12 bits per heavy atom. The Labute approximate surface area is 154 Å². The molecule has 3 nitrogen and oxygen atoms in total. The van der Waals surface area contributed by atoms with Crippen molar-refractivity contribution in [3.8, 4) is 5.75 Å². The van der Waals surface area contributed by atoms with Gasteiger partial charge in [0.15, 0.2) is 0 Å². The molecule has 0 atom stereocenters. The number of furan rings is 1. The number of halogens is 3. The molecule has 26 heavy (non-hydrogen) atoms. The van der Waals surface area contributed by atoms with E-state index in [-0.39, 0.29) is 12.4 Å². The van der Waals surface area contributed by atoms with E-state index < -0.39 is 6.01 Å². The second-order valence-electron chi connectivity index (χ2n) is 6.49. The first-order chi connectivity index (χ1) is 12.6. The van der Waals surface area contributed by atoms with Gasteiger partial charge in [0.05, 0.1) is 5.02 Å². The average Bonchev–Trinajstić information content (AvgIpc) is 3.05. The summed E-state index contributed by atoms with van der Waals surface area (Å²) in [6.07, 6.45) is 1.97. The lowest BCUT2D eigenvalue weighted by atomic mass is 9.89. The van der Waals surface area contributed by atoms with Crippen LogP contribution in [0.25, 0.3) is 11.0 Å². The standard InChI is InChI=1S/C20H18ClF2NO2/c21-17-4-1-13(20-16(17)10-19(23)26-20)11-25-18-9-14(22)2-3-15(18)12-5-7-24-8-6-12/h1-4,9-10,12,24H,5-8,11H2. The Morgan fingerprint density at radius 3 is 2.73 bits per heavy atom. The number of piperidine rings is 1. The van der Waals surface area contributed by atoms with Crippen molar-refractivity contribution in [3.05, 3.63) is 64.4 Å². The lowest BCUT2D eigenvalue weighted by molar-refractivity contribution is 0.294. The smallest absolute Gasteiger partial charge is 0.278 e. The molecule has 4 rings (SSSR count). The van der Waals surface area contributed by atoms with E-state index in [0.29, 0.717) is 33.2 Å². The zero-order valence-electron chi connectivity index (χ0n) is 14.0. The molecule has 1 aliphatic rings. The Bertz CT molecular complexity index is 935. The van der Waals surface area contributed by atoms with Crippen molar-refractivity contribution in [2.45, 2.75) is 25.4 Å². The van der Waals surface area contributed by atoms with Crippen LogP contribution in [0, 0.1) is 11.8 Å². The molecule has 0 radical (unpaired) electrons. The van der Waals surface area contributed by atoms with Gasteiger partial charge in [0.2, 0.25) is 0 Å². The van der Waals surface area contributed by atoms with Crippen molar-refractivity contribution in [2.24, 2.45) is 0 Å². The molecule has 0 unspecified atom stereocenters. The first-order valence-electron chi connectivity index (χ1n) is 8.61. The van der Waals surface area contributed by atoms with Crippen molar-refractivity contribution in [2.75, 3.05) is 13.1 Å². The van der Waals surface area contributed by atoms with E-state index in [1.165, 1.54) is 18.2 Å². The van der Waals surface area contributed by atoms with Crippen LogP contribution in [0.1, 0.15) is 29.9 Å². The highest BCUT2D eigenvalue weighted by Crippen LogP contribution is 2.35.